The van der Waals surface area contributed by atoms with E-state index in [9.17, 15) is 29.1 Å². The highest BCUT2D eigenvalue weighted by Crippen LogP contribution is 2.32. The van der Waals surface area contributed by atoms with Gasteiger partial charge in [-0.15, -0.1) is 0 Å². The summed E-state index contributed by atoms with van der Waals surface area (Å²) >= 11 is 0. The van der Waals surface area contributed by atoms with Crippen LogP contribution in [0.15, 0.2) is 36.4 Å². The van der Waals surface area contributed by atoms with Crippen LogP contribution in [0.25, 0.3) is 0 Å². The number of benzene rings is 2. The van der Waals surface area contributed by atoms with Gasteiger partial charge < -0.3 is 15.7 Å². The van der Waals surface area contributed by atoms with Crippen molar-refractivity contribution in [3.8, 4) is 0 Å². The molecule has 41 heavy (non-hydrogen) atoms. The Morgan fingerprint density at radius 3 is 2.32 bits per heavy atom. The van der Waals surface area contributed by atoms with Gasteiger partial charge in [-0.05, 0) is 62.2 Å². The fourth-order valence-corrected chi connectivity index (χ4v) is 5.28. The molecular formula is C31H38N4O6. The van der Waals surface area contributed by atoms with Crippen molar-refractivity contribution in [2.75, 3.05) is 23.3 Å². The molecule has 4 rings (SSSR count). The first-order chi connectivity index (χ1) is 19.8. The maximum atomic E-state index is 13.3. The number of amides is 4. The van der Waals surface area contributed by atoms with Gasteiger partial charge in [-0.2, -0.15) is 0 Å². The second kappa shape index (κ2) is 14.0. The van der Waals surface area contributed by atoms with Crippen molar-refractivity contribution in [1.29, 1.82) is 0 Å². The number of aromatic carboxylic acids is 1. The number of anilines is 2. The van der Waals surface area contributed by atoms with E-state index in [1.165, 1.54) is 56.4 Å². The summed E-state index contributed by atoms with van der Waals surface area (Å²) < 4.78 is 0. The second-order valence-electron chi connectivity index (χ2n) is 10.6. The highest BCUT2D eigenvalue weighted by molar-refractivity contribution is 6.35. The molecular weight excluding hydrogens is 524 g/mol. The van der Waals surface area contributed by atoms with Crippen LogP contribution in [0.3, 0.4) is 0 Å². The number of rotatable bonds is 14. The Labute approximate surface area is 239 Å². The summed E-state index contributed by atoms with van der Waals surface area (Å²) in [5, 5.41) is 18.1. The molecule has 0 radical (unpaired) electrons. The van der Waals surface area contributed by atoms with Crippen molar-refractivity contribution < 1.29 is 29.1 Å². The third kappa shape index (κ3) is 7.18. The first kappa shape index (κ1) is 29.9. The summed E-state index contributed by atoms with van der Waals surface area (Å²) in [5.74, 6) is -3.55. The molecule has 2 aromatic rings. The lowest BCUT2D eigenvalue weighted by molar-refractivity contribution is -0.121. The number of carbonyl (C=O) groups excluding carboxylic acids is 4. The minimum absolute atomic E-state index is 0.0136. The largest absolute Gasteiger partial charge is 0.478 e. The highest BCUT2D eigenvalue weighted by Gasteiger charge is 2.38. The lowest BCUT2D eigenvalue weighted by Gasteiger charge is -2.18. The van der Waals surface area contributed by atoms with Crippen LogP contribution in [0.5, 0.6) is 0 Å². The molecule has 1 fully saturated rings. The van der Waals surface area contributed by atoms with Crippen molar-refractivity contribution in [3.05, 3.63) is 58.7 Å². The van der Waals surface area contributed by atoms with Crippen LogP contribution >= 0.6 is 0 Å². The van der Waals surface area contributed by atoms with E-state index in [1.54, 1.807) is 12.1 Å². The quantitative estimate of drug-likeness (QED) is 0.191. The van der Waals surface area contributed by atoms with Gasteiger partial charge in [-0.25, -0.2) is 9.69 Å². The fraction of sp³-hybridized carbons (Fsp3) is 0.452. The third-order valence-electron chi connectivity index (χ3n) is 7.60. The number of carbonyl (C=O) groups is 5. The molecule has 0 aromatic heterocycles. The molecule has 0 bridgehead atoms. The number of unbranched alkanes of at least 4 members (excludes halogenated alkanes) is 7. The average Bonchev–Trinajstić information content (AvgIpc) is 3.59. The van der Waals surface area contributed by atoms with Crippen molar-refractivity contribution >= 4 is 41.0 Å². The lowest BCUT2D eigenvalue weighted by atomic mass is 10.1. The number of nitrogens with one attached hydrogen (secondary N) is 3. The minimum atomic E-state index is -1.21. The van der Waals surface area contributed by atoms with E-state index in [0.717, 1.165) is 30.6 Å². The van der Waals surface area contributed by atoms with Crippen LogP contribution in [0.2, 0.25) is 0 Å². The first-order valence-corrected chi connectivity index (χ1v) is 14.5. The molecule has 218 valence electrons. The molecule has 0 saturated carbocycles. The summed E-state index contributed by atoms with van der Waals surface area (Å²) in [4.78, 5) is 64.6. The van der Waals surface area contributed by atoms with Gasteiger partial charge in [0.25, 0.3) is 17.7 Å². The van der Waals surface area contributed by atoms with E-state index >= 15 is 0 Å². The predicted molar refractivity (Wildman–Crippen MR) is 156 cm³/mol. The molecule has 4 amide bonds. The van der Waals surface area contributed by atoms with Gasteiger partial charge >= 0.3 is 5.97 Å². The first-order valence-electron chi connectivity index (χ1n) is 14.5. The zero-order chi connectivity index (χ0) is 29.4. The summed E-state index contributed by atoms with van der Waals surface area (Å²) in [5.41, 5.74) is 0.752. The van der Waals surface area contributed by atoms with Crippen molar-refractivity contribution in [1.82, 2.24) is 10.6 Å². The number of fused-ring (bicyclic) bond motifs is 1. The summed E-state index contributed by atoms with van der Waals surface area (Å²) in [6, 6.07) is 7.93. The maximum absolute atomic E-state index is 13.3. The maximum Gasteiger partial charge on any atom is 0.335 e. The van der Waals surface area contributed by atoms with E-state index < -0.39 is 35.6 Å². The van der Waals surface area contributed by atoms with E-state index in [-0.39, 0.29) is 27.9 Å². The predicted octanol–water partition coefficient (Wildman–Crippen LogP) is 4.75. The van der Waals surface area contributed by atoms with Crippen LogP contribution in [0, 0.1) is 0 Å². The van der Waals surface area contributed by atoms with Crippen LogP contribution in [-0.4, -0.2) is 53.8 Å². The number of imide groups is 2. The second-order valence-corrected chi connectivity index (χ2v) is 10.6. The van der Waals surface area contributed by atoms with E-state index in [4.69, 9.17) is 0 Å². The molecule has 0 spiro atoms. The summed E-state index contributed by atoms with van der Waals surface area (Å²) in [7, 11) is 0. The number of carboxylic acid groups (broad SMARTS) is 1. The Balaban J connectivity index is 1.50. The molecule has 1 saturated heterocycles. The zero-order valence-corrected chi connectivity index (χ0v) is 23.5. The van der Waals surface area contributed by atoms with Crippen LogP contribution < -0.4 is 20.9 Å². The minimum Gasteiger partial charge on any atom is -0.478 e. The van der Waals surface area contributed by atoms with E-state index in [1.807, 2.05) is 0 Å². The zero-order valence-electron chi connectivity index (χ0n) is 23.5. The molecule has 10 nitrogen and oxygen atoms in total. The molecule has 0 unspecified atom stereocenters. The fourth-order valence-electron chi connectivity index (χ4n) is 5.28. The van der Waals surface area contributed by atoms with Crippen molar-refractivity contribution in [2.45, 2.75) is 77.2 Å². The van der Waals surface area contributed by atoms with E-state index in [2.05, 4.69) is 22.9 Å². The Morgan fingerprint density at radius 1 is 0.927 bits per heavy atom. The Hall–Kier alpha value is -4.05. The van der Waals surface area contributed by atoms with Crippen molar-refractivity contribution in [3.63, 3.8) is 0 Å². The molecule has 4 N–H and O–H groups in total. The molecule has 2 aliphatic rings. The van der Waals surface area contributed by atoms with Crippen LogP contribution in [0.4, 0.5) is 11.4 Å². The van der Waals surface area contributed by atoms with Crippen LogP contribution in [-0.2, 0) is 4.79 Å². The topological polar surface area (TPSA) is 145 Å². The Kier molecular flexibility index (Phi) is 10.2. The Morgan fingerprint density at radius 2 is 1.63 bits per heavy atom. The summed E-state index contributed by atoms with van der Waals surface area (Å²) in [6.45, 7) is 3.53. The van der Waals surface area contributed by atoms with Gasteiger partial charge in [0, 0.05) is 12.2 Å². The van der Waals surface area contributed by atoms with Crippen molar-refractivity contribution in [2.24, 2.45) is 0 Å². The summed E-state index contributed by atoms with van der Waals surface area (Å²) in [6.07, 6.45) is 10.8. The molecule has 2 aliphatic heterocycles. The number of carboxylic acids is 1. The Bertz CT molecular complexity index is 1320. The number of hydrogen-bond acceptors (Lipinski definition) is 7. The average molecular weight is 563 g/mol. The van der Waals surface area contributed by atoms with E-state index in [0.29, 0.717) is 25.2 Å². The highest BCUT2D eigenvalue weighted by atomic mass is 16.4. The van der Waals surface area contributed by atoms with Gasteiger partial charge in [0.05, 0.1) is 34.0 Å². The SMILES string of the molecule is CCCCCCCCCCNc1ccc(N2C(=O)c3ccc(C(=O)O)cc3C2=O)cc1C(=O)NC(=O)[C@@H]1CCCN1. The van der Waals surface area contributed by atoms with Gasteiger partial charge in [0.1, 0.15) is 0 Å². The van der Waals surface area contributed by atoms with Gasteiger partial charge in [-0.1, -0.05) is 51.9 Å². The van der Waals surface area contributed by atoms with Gasteiger partial charge in [0.2, 0.25) is 5.91 Å². The lowest BCUT2D eigenvalue weighted by Crippen LogP contribution is -2.43. The molecule has 10 heteroatoms. The standard InChI is InChI=1S/C31H38N4O6/c1-2-3-4-5-6-7-8-9-16-32-25-15-13-21(19-24(25)27(36)34-28(37)26-11-10-17-33-26)35-29(38)22-14-12-20(31(40)41)18-23(22)30(35)39/h12-15,18-19,26,32-33H,2-11,16-17H2,1H3,(H,40,41)(H,34,36,37)/t26-/m0/s1. The molecule has 2 heterocycles. The van der Waals surface area contributed by atoms with Crippen LogP contribution in [0.1, 0.15) is 113 Å². The molecule has 2 aromatic carbocycles. The monoisotopic (exact) mass is 562 g/mol. The smallest absolute Gasteiger partial charge is 0.335 e. The third-order valence-corrected chi connectivity index (χ3v) is 7.60. The molecule has 0 aliphatic carbocycles. The number of nitrogens with zero attached hydrogens (tertiary/aromatic N) is 1. The molecule has 1 atom stereocenters. The number of hydrogen-bond donors (Lipinski definition) is 4. The normalized spacial score (nSPS) is 16.1. The van der Waals surface area contributed by atoms with Gasteiger partial charge in [-0.3, -0.25) is 24.5 Å². The van der Waals surface area contributed by atoms with Gasteiger partial charge in [0.15, 0.2) is 0 Å².